The van der Waals surface area contributed by atoms with Crippen molar-refractivity contribution in [3.63, 3.8) is 0 Å². The molecule has 21 heavy (non-hydrogen) atoms. The normalized spacial score (nSPS) is 16.7. The first-order valence-electron chi connectivity index (χ1n) is 6.45. The molecule has 2 heterocycles. The minimum absolute atomic E-state index is 0. The third-order valence-corrected chi connectivity index (χ3v) is 3.31. The Kier molecular flexibility index (Phi) is 6.68. The van der Waals surface area contributed by atoms with Crippen molar-refractivity contribution in [3.8, 4) is 5.69 Å². The van der Waals surface area contributed by atoms with E-state index >= 15 is 0 Å². The molecule has 1 fully saturated rings. The van der Waals surface area contributed by atoms with Gasteiger partial charge in [0.1, 0.15) is 0 Å². The number of hydrogen-bond donors (Lipinski definition) is 2. The molecule has 114 valence electrons. The van der Waals surface area contributed by atoms with Gasteiger partial charge < -0.3 is 15.2 Å². The lowest BCUT2D eigenvalue weighted by atomic mass is 10.2. The first kappa shape index (κ1) is 17.5. The Labute approximate surface area is 136 Å². The van der Waals surface area contributed by atoms with Crippen molar-refractivity contribution in [2.45, 2.75) is 18.9 Å². The Balaban J connectivity index is 0.00000110. The number of imidazole rings is 1. The highest BCUT2D eigenvalue weighted by molar-refractivity contribution is 5.95. The van der Waals surface area contributed by atoms with Crippen LogP contribution in [0.5, 0.6) is 0 Å². The highest BCUT2D eigenvalue weighted by Crippen LogP contribution is 2.14. The number of nitrogens with zero attached hydrogens (tertiary/aromatic N) is 2. The summed E-state index contributed by atoms with van der Waals surface area (Å²) in [7, 11) is 0. The molecule has 1 aliphatic heterocycles. The maximum atomic E-state index is 11.9. The fourth-order valence-corrected chi connectivity index (χ4v) is 2.27. The fraction of sp³-hybridized carbons (Fsp3) is 0.286. The number of benzene rings is 1. The van der Waals surface area contributed by atoms with Gasteiger partial charge in [0.2, 0.25) is 5.91 Å². The number of carbonyl (C=O) groups is 1. The predicted octanol–water partition coefficient (Wildman–Crippen LogP) is 2.41. The molecule has 5 nitrogen and oxygen atoms in total. The second-order valence-electron chi connectivity index (χ2n) is 4.66. The minimum Gasteiger partial charge on any atom is -0.325 e. The molecule has 1 atom stereocenters. The van der Waals surface area contributed by atoms with Crippen LogP contribution < -0.4 is 10.6 Å². The van der Waals surface area contributed by atoms with Gasteiger partial charge in [-0.3, -0.25) is 4.79 Å². The first-order valence-corrected chi connectivity index (χ1v) is 6.45. The van der Waals surface area contributed by atoms with E-state index in [0.29, 0.717) is 0 Å². The number of rotatable bonds is 3. The van der Waals surface area contributed by atoms with Crippen molar-refractivity contribution in [1.82, 2.24) is 14.9 Å². The van der Waals surface area contributed by atoms with E-state index in [9.17, 15) is 4.79 Å². The summed E-state index contributed by atoms with van der Waals surface area (Å²) in [5.74, 6) is 0.0490. The number of aromatic nitrogens is 2. The zero-order valence-electron chi connectivity index (χ0n) is 11.4. The van der Waals surface area contributed by atoms with Gasteiger partial charge in [-0.15, -0.1) is 24.8 Å². The smallest absolute Gasteiger partial charge is 0.241 e. The second kappa shape index (κ2) is 8.02. The zero-order chi connectivity index (χ0) is 13.1. The van der Waals surface area contributed by atoms with E-state index in [4.69, 9.17) is 0 Å². The standard InChI is InChI=1S/C14H16N4O.2ClH/c19-14(13-2-1-7-16-13)17-11-3-5-12(6-4-11)18-9-8-15-10-18;;/h3-6,8-10,13,16H,1-2,7H2,(H,17,19);2*1H. The van der Waals surface area contributed by atoms with Gasteiger partial charge in [-0.05, 0) is 43.7 Å². The quantitative estimate of drug-likeness (QED) is 0.909. The van der Waals surface area contributed by atoms with E-state index in [2.05, 4.69) is 15.6 Å². The van der Waals surface area contributed by atoms with Crippen LogP contribution in [0.2, 0.25) is 0 Å². The van der Waals surface area contributed by atoms with Crippen LogP contribution in [0, 0.1) is 0 Å². The largest absolute Gasteiger partial charge is 0.325 e. The van der Waals surface area contributed by atoms with Crippen molar-refractivity contribution in [2.75, 3.05) is 11.9 Å². The van der Waals surface area contributed by atoms with E-state index < -0.39 is 0 Å². The van der Waals surface area contributed by atoms with Crippen LogP contribution in [-0.2, 0) is 4.79 Å². The number of amides is 1. The first-order chi connectivity index (χ1) is 9.33. The molecule has 0 radical (unpaired) electrons. The maximum Gasteiger partial charge on any atom is 0.241 e. The van der Waals surface area contributed by atoms with Crippen LogP contribution in [0.3, 0.4) is 0 Å². The van der Waals surface area contributed by atoms with Crippen LogP contribution in [-0.4, -0.2) is 28.0 Å². The maximum absolute atomic E-state index is 11.9. The average Bonchev–Trinajstić information content (AvgIpc) is 3.13. The van der Waals surface area contributed by atoms with E-state index in [1.807, 2.05) is 35.0 Å². The van der Waals surface area contributed by atoms with Crippen LogP contribution in [0.4, 0.5) is 5.69 Å². The monoisotopic (exact) mass is 328 g/mol. The summed E-state index contributed by atoms with van der Waals surface area (Å²) in [5.41, 5.74) is 1.84. The van der Waals surface area contributed by atoms with Gasteiger partial charge in [-0.25, -0.2) is 4.98 Å². The molecule has 2 N–H and O–H groups in total. The third kappa shape index (κ3) is 4.20. The van der Waals surface area contributed by atoms with Crippen LogP contribution >= 0.6 is 24.8 Å². The van der Waals surface area contributed by atoms with Gasteiger partial charge in [0.15, 0.2) is 0 Å². The molecular weight excluding hydrogens is 311 g/mol. The molecule has 1 aromatic heterocycles. The number of anilines is 1. The summed E-state index contributed by atoms with van der Waals surface area (Å²) in [6.07, 6.45) is 7.35. The molecular formula is C14H18Cl2N4O. The molecule has 7 heteroatoms. The van der Waals surface area contributed by atoms with Crippen molar-refractivity contribution in [2.24, 2.45) is 0 Å². The summed E-state index contributed by atoms with van der Waals surface area (Å²) >= 11 is 0. The Morgan fingerprint density at radius 1 is 1.29 bits per heavy atom. The highest BCUT2D eigenvalue weighted by Gasteiger charge is 2.21. The predicted molar refractivity (Wildman–Crippen MR) is 87.7 cm³/mol. The molecule has 0 bridgehead atoms. The molecule has 1 saturated heterocycles. The molecule has 3 rings (SSSR count). The SMILES string of the molecule is Cl.Cl.O=C(Nc1ccc(-n2ccnc2)cc1)C1CCCN1. The van der Waals surface area contributed by atoms with Crippen LogP contribution in [0.1, 0.15) is 12.8 Å². The molecule has 0 aliphatic carbocycles. The molecule has 0 spiro atoms. The number of halogens is 2. The van der Waals surface area contributed by atoms with Crippen molar-refractivity contribution in [3.05, 3.63) is 43.0 Å². The summed E-state index contributed by atoms with van der Waals surface area (Å²) in [6.45, 7) is 0.928. The third-order valence-electron chi connectivity index (χ3n) is 3.31. The van der Waals surface area contributed by atoms with E-state index in [1.54, 1.807) is 12.5 Å². The molecule has 1 unspecified atom stereocenters. The van der Waals surface area contributed by atoms with E-state index in [1.165, 1.54) is 0 Å². The summed E-state index contributed by atoms with van der Waals surface area (Å²) < 4.78 is 1.92. The summed E-state index contributed by atoms with van der Waals surface area (Å²) in [6, 6.07) is 7.68. The lowest BCUT2D eigenvalue weighted by molar-refractivity contribution is -0.117. The number of carbonyl (C=O) groups excluding carboxylic acids is 1. The lowest BCUT2D eigenvalue weighted by Gasteiger charge is -2.11. The Hall–Kier alpha value is -1.56. The topological polar surface area (TPSA) is 59.0 Å². The van der Waals surface area contributed by atoms with Crippen molar-refractivity contribution >= 4 is 36.4 Å². The minimum atomic E-state index is -0.0478. The Morgan fingerprint density at radius 3 is 2.62 bits per heavy atom. The molecule has 2 aromatic rings. The van der Waals surface area contributed by atoms with Gasteiger partial charge in [-0.2, -0.15) is 0 Å². The highest BCUT2D eigenvalue weighted by atomic mass is 35.5. The van der Waals surface area contributed by atoms with Gasteiger partial charge in [0.05, 0.1) is 12.4 Å². The van der Waals surface area contributed by atoms with Gasteiger partial charge >= 0.3 is 0 Å². The molecule has 0 saturated carbocycles. The zero-order valence-corrected chi connectivity index (χ0v) is 13.0. The molecule has 1 aliphatic rings. The fourth-order valence-electron chi connectivity index (χ4n) is 2.27. The van der Waals surface area contributed by atoms with E-state index in [0.717, 1.165) is 30.8 Å². The second-order valence-corrected chi connectivity index (χ2v) is 4.66. The Morgan fingerprint density at radius 2 is 2.05 bits per heavy atom. The lowest BCUT2D eigenvalue weighted by Crippen LogP contribution is -2.35. The summed E-state index contributed by atoms with van der Waals surface area (Å²) in [4.78, 5) is 15.9. The average molecular weight is 329 g/mol. The van der Waals surface area contributed by atoms with Gasteiger partial charge in [-0.1, -0.05) is 0 Å². The molecule has 1 amide bonds. The number of hydrogen-bond acceptors (Lipinski definition) is 3. The van der Waals surface area contributed by atoms with Gasteiger partial charge in [0, 0.05) is 23.8 Å². The van der Waals surface area contributed by atoms with Gasteiger partial charge in [0.25, 0.3) is 0 Å². The van der Waals surface area contributed by atoms with Crippen molar-refractivity contribution in [1.29, 1.82) is 0 Å². The van der Waals surface area contributed by atoms with E-state index in [-0.39, 0.29) is 36.8 Å². The van der Waals surface area contributed by atoms with Crippen LogP contribution in [0.15, 0.2) is 43.0 Å². The summed E-state index contributed by atoms with van der Waals surface area (Å²) in [5, 5.41) is 6.12. The Bertz CT molecular complexity index is 551. The molecule has 1 aromatic carbocycles. The van der Waals surface area contributed by atoms with Crippen LogP contribution in [0.25, 0.3) is 5.69 Å². The van der Waals surface area contributed by atoms with Crippen molar-refractivity contribution < 1.29 is 4.79 Å². The number of nitrogens with one attached hydrogen (secondary N) is 2.